The highest BCUT2D eigenvalue weighted by Gasteiger charge is 2.25. The van der Waals surface area contributed by atoms with Gasteiger partial charge >= 0.3 is 0 Å². The van der Waals surface area contributed by atoms with Crippen LogP contribution in [0.3, 0.4) is 0 Å². The molecule has 0 aliphatic heterocycles. The lowest BCUT2D eigenvalue weighted by Crippen LogP contribution is -2.08. The van der Waals surface area contributed by atoms with Gasteiger partial charge in [-0.25, -0.2) is 0 Å². The molecule has 0 aliphatic rings. The van der Waals surface area contributed by atoms with Crippen molar-refractivity contribution in [3.63, 3.8) is 0 Å². The van der Waals surface area contributed by atoms with Crippen LogP contribution in [-0.2, 0) is 80.9 Å². The Morgan fingerprint density at radius 1 is 0.176 bits per heavy atom. The molecule has 2 heterocycles. The molecule has 15 aromatic rings. The largest absolute Gasteiger partial charge is 0.324 e. The van der Waals surface area contributed by atoms with Gasteiger partial charge in [0.25, 0.3) is 80.9 Å². The normalized spacial score (nSPS) is 12.7. The highest BCUT2D eigenvalue weighted by atomic mass is 32.2. The molecular weight excluding hydrogens is 2090 g/mol. The Bertz CT molecular complexity index is 8080. The fraction of sp³-hybridized carbons (Fsp3) is 0.0455. The molecule has 0 amide bonds. The van der Waals surface area contributed by atoms with Crippen LogP contribution in [0.1, 0.15) is 22.3 Å². The van der Waals surface area contributed by atoms with Crippen molar-refractivity contribution < 1.29 is 104 Å². The summed E-state index contributed by atoms with van der Waals surface area (Å²) in [6.07, 6.45) is 0. The van der Waals surface area contributed by atoms with Crippen molar-refractivity contribution in [1.29, 1.82) is 0 Å². The SMILES string of the molecule is Cc1cc(Nc2nc(Nc3cccc(Nc4nc(Nc5ccc(N=Nc6ccc(N=Nc7ccc(S(=O)(=O)O)cc7)cc6S(=O)(=O)O)c(C)c5)nc(Nc5ccc(N=Nc6ccc(N=Nc7ccc(S(=O)(=O)O)cc7)cc6S(=O)(=O)O)c(C)c5)n4)c3)nc(Nc3ccc(N=Nc4ccc(N=Nc5ccc(S(=O)(=O)O)cc5)cc4S(=O)(=O)O)c(C)c3)n2)ccc1N=Nc1ccc(N=Nc2ccc(S(=O)(=O)O)cc2)cc1S(=O)(=O)O. The topological polar surface area (TPSA) is 782 Å². The number of hydrogen-bond acceptors (Lipinski definition) is 44. The van der Waals surface area contributed by atoms with E-state index in [-0.39, 0.29) is 127 Å². The van der Waals surface area contributed by atoms with E-state index in [0.717, 1.165) is 72.8 Å². The molecule has 0 aliphatic carbocycles. The minimum absolute atomic E-state index is 0.0680. The van der Waals surface area contributed by atoms with Crippen molar-refractivity contribution in [1.82, 2.24) is 29.9 Å². The number of rotatable bonds is 36. The summed E-state index contributed by atoms with van der Waals surface area (Å²) in [4.78, 5) is 23.8. The van der Waals surface area contributed by atoms with E-state index < -0.39 is 120 Å². The number of azo groups is 8. The molecule has 14 N–H and O–H groups in total. The minimum atomic E-state index is -4.98. The first-order valence-corrected chi connectivity index (χ1v) is 53.2. The van der Waals surface area contributed by atoms with Crippen LogP contribution in [0.15, 0.2) is 388 Å². The molecule has 0 fully saturated rings. The highest BCUT2D eigenvalue weighted by Crippen LogP contribution is 2.41. The van der Waals surface area contributed by atoms with E-state index in [1.165, 1.54) is 121 Å². The fourth-order valence-electron chi connectivity index (χ4n) is 13.0. The average Bonchev–Trinajstić information content (AvgIpc) is 0.816. The molecule has 15 rings (SSSR count). The van der Waals surface area contributed by atoms with Crippen molar-refractivity contribution in [2.75, 3.05) is 31.9 Å². The van der Waals surface area contributed by atoms with E-state index in [9.17, 15) is 104 Å². The second kappa shape index (κ2) is 43.4. The van der Waals surface area contributed by atoms with E-state index in [1.807, 2.05) is 0 Å². The quantitative estimate of drug-likeness (QED) is 0.0128. The van der Waals surface area contributed by atoms with Gasteiger partial charge < -0.3 is 31.9 Å². The van der Waals surface area contributed by atoms with Crippen molar-refractivity contribution in [3.05, 3.63) is 289 Å². The van der Waals surface area contributed by atoms with E-state index in [1.54, 1.807) is 100 Å². The second-order valence-electron chi connectivity index (χ2n) is 30.9. The monoisotopic (exact) mass is 2160 g/mol. The Morgan fingerprint density at radius 2 is 0.338 bits per heavy atom. The minimum Gasteiger partial charge on any atom is -0.324 e. The zero-order valence-corrected chi connectivity index (χ0v) is 82.1. The number of benzene rings is 13. The van der Waals surface area contributed by atoms with Gasteiger partial charge in [0.15, 0.2) is 0 Å². The number of nitrogens with one attached hydrogen (secondary N) is 6. The van der Waals surface area contributed by atoms with E-state index >= 15 is 0 Å². The summed E-state index contributed by atoms with van der Waals surface area (Å²) in [7, 11) is -38.0. The Balaban J connectivity index is 0.720. The van der Waals surface area contributed by atoms with Gasteiger partial charge in [-0.3, -0.25) is 36.4 Å². The second-order valence-corrected chi connectivity index (χ2v) is 42.2. The summed E-state index contributed by atoms with van der Waals surface area (Å²) in [5, 5.41) is 84.4. The van der Waals surface area contributed by atoms with Crippen LogP contribution in [-0.4, -0.2) is 134 Å². The fourth-order valence-corrected chi connectivity index (χ4v) is 17.5. The van der Waals surface area contributed by atoms with Crippen LogP contribution in [0.4, 0.5) is 161 Å². The molecule has 52 nitrogen and oxygen atoms in total. The zero-order chi connectivity index (χ0) is 106. The zero-order valence-electron chi connectivity index (χ0n) is 75.6. The number of anilines is 12. The summed E-state index contributed by atoms with van der Waals surface area (Å²) in [5.41, 5.74) is 3.79. The third-order valence-electron chi connectivity index (χ3n) is 20.1. The molecule has 0 spiro atoms. The third-order valence-corrected chi connectivity index (χ3v) is 27.1. The first kappa shape index (κ1) is 105. The molecule has 0 radical (unpaired) electrons. The Kier molecular flexibility index (Phi) is 30.8. The summed E-state index contributed by atoms with van der Waals surface area (Å²) in [6.45, 7) is 6.62. The third kappa shape index (κ3) is 28.2. The van der Waals surface area contributed by atoms with Crippen LogP contribution in [0.25, 0.3) is 0 Å². The summed E-state index contributed by atoms with van der Waals surface area (Å²) in [5.74, 6) is -0.506. The Labute approximate surface area is 839 Å². The van der Waals surface area contributed by atoms with Gasteiger partial charge in [0.05, 0.1) is 87.8 Å². The maximum absolute atomic E-state index is 12.7. The Hall–Kier alpha value is -17.2. The number of aromatic nitrogens is 6. The van der Waals surface area contributed by atoms with E-state index in [2.05, 4.69) is 124 Å². The predicted molar refractivity (Wildman–Crippen MR) is 534 cm³/mol. The molecule has 0 saturated heterocycles. The summed E-state index contributed by atoms with van der Waals surface area (Å²) < 4.78 is 273. The van der Waals surface area contributed by atoms with Gasteiger partial charge in [-0.05, 0) is 311 Å². The van der Waals surface area contributed by atoms with E-state index in [0.29, 0.717) is 56.4 Å². The van der Waals surface area contributed by atoms with E-state index in [4.69, 9.17) is 19.9 Å². The van der Waals surface area contributed by atoms with Crippen LogP contribution in [0.2, 0.25) is 0 Å². The first-order valence-electron chi connectivity index (χ1n) is 41.6. The van der Waals surface area contributed by atoms with Crippen molar-refractivity contribution >= 4 is 242 Å². The molecule has 754 valence electrons. The van der Waals surface area contributed by atoms with Crippen LogP contribution in [0.5, 0.6) is 0 Å². The number of nitrogens with zero attached hydrogens (tertiary/aromatic N) is 22. The summed E-state index contributed by atoms with van der Waals surface area (Å²) in [6, 6.07) is 57.9. The van der Waals surface area contributed by atoms with Crippen LogP contribution >= 0.6 is 0 Å². The van der Waals surface area contributed by atoms with Gasteiger partial charge in [0.1, 0.15) is 42.3 Å². The highest BCUT2D eigenvalue weighted by molar-refractivity contribution is 7.87. The first-order chi connectivity index (χ1) is 69.8. The maximum atomic E-state index is 12.7. The smallest absolute Gasteiger partial charge is 0.296 e. The van der Waals surface area contributed by atoms with Crippen molar-refractivity contribution in [2.24, 2.45) is 81.8 Å². The molecule has 0 unspecified atom stereocenters. The standard InChI is InChI=1S/C88H70N28O24S8/c1-49-40-59(16-32-71(49)109-113-75-36-20-63(45-79(75)145(129,130)131)105-101-53-8-24-67(25-9-53)141(117,118)119)91-85-95-83(96-86(99-85)92-60-17-33-72(50(2)41-60)110-114-76-37-21-64(46-80(76)146(132,133)134)106-102-54-10-26-68(27-11-54)142(120,121)122)89-57-6-5-7-58(44-57)90-84-97-87(93-61-18-34-73(51(3)42-61)111-115-77-38-22-65(47-81(77)147(135,136)137)107-103-55-12-28-69(29-13-55)143(123,124)125)100-88(98-84)94-62-19-35-74(52(4)43-62)112-116-78-39-23-66(48-82(78)148(138,139)140)108-104-56-14-30-70(31-15-56)144(126,127)128/h5-48H,1-4H3,(H,117,118,119)(H,120,121,122)(H,123,124,125)(H,126,127,128)(H,129,130,131)(H,132,133,134)(H,135,136,137)(H,138,139,140)(H3,89,91,92,95,96,99)(H3,90,93,94,97,98,100). The summed E-state index contributed by atoms with van der Waals surface area (Å²) >= 11 is 0. The van der Waals surface area contributed by atoms with Gasteiger partial charge in [0, 0.05) is 34.1 Å². The van der Waals surface area contributed by atoms with Gasteiger partial charge in [0.2, 0.25) is 35.7 Å². The van der Waals surface area contributed by atoms with Gasteiger partial charge in [-0.2, -0.15) is 159 Å². The molecule has 13 aromatic carbocycles. The molecule has 2 aromatic heterocycles. The lowest BCUT2D eigenvalue weighted by Gasteiger charge is -2.14. The predicted octanol–water partition coefficient (Wildman–Crippen LogP) is 23.0. The molecule has 0 atom stereocenters. The number of hydrogen-bond donors (Lipinski definition) is 14. The average molecular weight is 2160 g/mol. The van der Waals surface area contributed by atoms with Gasteiger partial charge in [-0.15, -0.1) is 20.5 Å². The molecule has 148 heavy (non-hydrogen) atoms. The van der Waals surface area contributed by atoms with Crippen LogP contribution < -0.4 is 31.9 Å². The van der Waals surface area contributed by atoms with Gasteiger partial charge in [-0.1, -0.05) is 6.07 Å². The Morgan fingerprint density at radius 3 is 0.514 bits per heavy atom. The van der Waals surface area contributed by atoms with Crippen molar-refractivity contribution in [2.45, 2.75) is 66.9 Å². The van der Waals surface area contributed by atoms with Crippen molar-refractivity contribution in [3.8, 4) is 0 Å². The molecule has 0 saturated carbocycles. The molecule has 0 bridgehead atoms. The lowest BCUT2D eigenvalue weighted by molar-refractivity contribution is 0.481. The molecular formula is C88H70N28O24S8. The number of aryl methyl sites for hydroxylation is 4. The van der Waals surface area contributed by atoms with Crippen LogP contribution in [0, 0.1) is 27.7 Å². The lowest BCUT2D eigenvalue weighted by atomic mass is 10.2. The maximum Gasteiger partial charge on any atom is 0.296 e. The molecule has 60 heteroatoms.